The predicted molar refractivity (Wildman–Crippen MR) is 178 cm³/mol. The first kappa shape index (κ1) is 39.1. The molecule has 0 unspecified atom stereocenters. The molecule has 0 aliphatic heterocycles. The van der Waals surface area contributed by atoms with Gasteiger partial charge in [-0.3, -0.25) is 9.59 Å². The summed E-state index contributed by atoms with van der Waals surface area (Å²) in [5.74, 6) is 0.0608. The molecule has 0 N–H and O–H groups in total. The molecular weight excluding hydrogens is 488 g/mol. The van der Waals surface area contributed by atoms with E-state index in [4.69, 9.17) is 0 Å². The number of carbonyl (C=O) groups is 2. The monoisotopic (exact) mass is 561 g/mol. The maximum absolute atomic E-state index is 12.4. The quantitative estimate of drug-likeness (QED) is 0.0258. The lowest BCUT2D eigenvalue weighted by Crippen LogP contribution is -2.04. The highest BCUT2D eigenvalue weighted by atomic mass is 16.1. The fourth-order valence-corrected chi connectivity index (χ4v) is 5.80. The normalized spacial score (nSPS) is 11.8. The van der Waals surface area contributed by atoms with Crippen molar-refractivity contribution in [3.8, 4) is 0 Å². The summed E-state index contributed by atoms with van der Waals surface area (Å²) in [4.78, 5) is 23.8. The van der Waals surface area contributed by atoms with Gasteiger partial charge in [-0.2, -0.15) is 0 Å². The van der Waals surface area contributed by atoms with Crippen LogP contribution in [0.1, 0.15) is 219 Å². The van der Waals surface area contributed by atoms with Gasteiger partial charge in [0.05, 0.1) is 5.57 Å². The molecule has 0 aliphatic rings. The number of allylic oxidation sites excluding steroid dienone is 2. The molecule has 236 valence electrons. The van der Waals surface area contributed by atoms with Gasteiger partial charge in [-0.1, -0.05) is 200 Å². The van der Waals surface area contributed by atoms with Crippen molar-refractivity contribution in [1.82, 2.24) is 0 Å². The molecule has 2 nitrogen and oxygen atoms in total. The van der Waals surface area contributed by atoms with Gasteiger partial charge in [0.25, 0.3) is 0 Å². The number of ketones is 1. The van der Waals surface area contributed by atoms with Gasteiger partial charge >= 0.3 is 0 Å². The second-order valence-electron chi connectivity index (χ2n) is 12.6. The number of hydrogen-bond donors (Lipinski definition) is 0. The van der Waals surface area contributed by atoms with Crippen LogP contribution in [0.3, 0.4) is 0 Å². The Balaban J connectivity index is 3.47. The largest absolute Gasteiger partial charge is 0.298 e. The Hall–Kier alpha value is -0.920. The standard InChI is InChI=1S/C38H72O2/c1-3-5-7-9-11-13-15-17-19-21-22-24-26-28-30-32-34-37(36-39)38(40)35-33-31-29-27-25-23-20-18-16-14-12-10-8-6-4-2/h34,36H,3-33,35H2,1-2H3. The maximum atomic E-state index is 12.4. The van der Waals surface area contributed by atoms with E-state index in [9.17, 15) is 9.59 Å². The molecule has 0 bridgehead atoms. The van der Waals surface area contributed by atoms with Crippen LogP contribution in [0.5, 0.6) is 0 Å². The van der Waals surface area contributed by atoms with Gasteiger partial charge in [-0.15, -0.1) is 0 Å². The third kappa shape index (κ3) is 30.0. The molecule has 0 atom stereocenters. The topological polar surface area (TPSA) is 34.1 Å². The Labute approximate surface area is 252 Å². The Bertz CT molecular complexity index is 550. The molecule has 2 heteroatoms. The van der Waals surface area contributed by atoms with E-state index in [0.717, 1.165) is 32.0 Å². The molecule has 0 rings (SSSR count). The molecule has 0 aliphatic carbocycles. The van der Waals surface area contributed by atoms with E-state index in [0.29, 0.717) is 12.0 Å². The summed E-state index contributed by atoms with van der Waals surface area (Å²) < 4.78 is 0. The third-order valence-corrected chi connectivity index (χ3v) is 8.63. The number of rotatable bonds is 34. The van der Waals surface area contributed by atoms with E-state index in [1.807, 2.05) is 6.08 Å². The first-order chi connectivity index (χ1) is 19.8. The Kier molecular flexibility index (Phi) is 33.5. The van der Waals surface area contributed by atoms with Crippen molar-refractivity contribution in [2.24, 2.45) is 0 Å². The van der Waals surface area contributed by atoms with E-state index in [2.05, 4.69) is 13.8 Å². The van der Waals surface area contributed by atoms with Crippen molar-refractivity contribution < 1.29 is 9.59 Å². The lowest BCUT2D eigenvalue weighted by atomic mass is 10.0. The second kappa shape index (κ2) is 34.3. The van der Waals surface area contributed by atoms with Gasteiger partial charge in [0, 0.05) is 6.42 Å². The maximum Gasteiger partial charge on any atom is 0.165 e. The van der Waals surface area contributed by atoms with Crippen molar-refractivity contribution in [1.29, 1.82) is 0 Å². The van der Waals surface area contributed by atoms with E-state index in [1.54, 1.807) is 0 Å². The summed E-state index contributed by atoms with van der Waals surface area (Å²) in [5, 5.41) is 0. The molecule has 40 heavy (non-hydrogen) atoms. The Morgan fingerprint density at radius 3 is 0.975 bits per heavy atom. The van der Waals surface area contributed by atoms with Crippen LogP contribution < -0.4 is 0 Å². The highest BCUT2D eigenvalue weighted by molar-refractivity contribution is 6.11. The number of Topliss-reactive ketones (excluding diaryl/α,β-unsaturated/α-hetero) is 1. The third-order valence-electron chi connectivity index (χ3n) is 8.63. The summed E-state index contributed by atoms with van der Waals surface area (Å²) >= 11 is 0. The van der Waals surface area contributed by atoms with Crippen molar-refractivity contribution in [2.45, 2.75) is 219 Å². The van der Waals surface area contributed by atoms with E-state index in [1.165, 1.54) is 173 Å². The van der Waals surface area contributed by atoms with Crippen LogP contribution in [0.4, 0.5) is 0 Å². The summed E-state index contributed by atoms with van der Waals surface area (Å²) in [6.45, 7) is 4.57. The van der Waals surface area contributed by atoms with Crippen LogP contribution in [0, 0.1) is 0 Å². The highest BCUT2D eigenvalue weighted by Gasteiger charge is 2.08. The van der Waals surface area contributed by atoms with Crippen LogP contribution in [-0.2, 0) is 9.59 Å². The van der Waals surface area contributed by atoms with Crippen LogP contribution in [0.2, 0.25) is 0 Å². The number of aldehydes is 1. The van der Waals surface area contributed by atoms with Crippen molar-refractivity contribution in [2.75, 3.05) is 0 Å². The molecule has 0 heterocycles. The summed E-state index contributed by atoms with van der Waals surface area (Å²) in [6.07, 6.45) is 44.5. The molecule has 0 saturated carbocycles. The Morgan fingerprint density at radius 1 is 0.400 bits per heavy atom. The molecular formula is C38H72O2. The van der Waals surface area contributed by atoms with E-state index < -0.39 is 0 Å². The molecule has 0 radical (unpaired) electrons. The smallest absolute Gasteiger partial charge is 0.165 e. The molecule has 0 spiro atoms. The second-order valence-corrected chi connectivity index (χ2v) is 12.6. The number of carbonyl (C=O) groups excluding carboxylic acids is 2. The first-order valence-corrected chi connectivity index (χ1v) is 18.4. The predicted octanol–water partition coefficient (Wildman–Crippen LogP) is 13.2. The summed E-state index contributed by atoms with van der Waals surface area (Å²) in [6, 6.07) is 0. The van der Waals surface area contributed by atoms with Crippen LogP contribution in [0.15, 0.2) is 11.6 Å². The van der Waals surface area contributed by atoms with E-state index >= 15 is 0 Å². The zero-order chi connectivity index (χ0) is 29.2. The molecule has 0 fully saturated rings. The summed E-state index contributed by atoms with van der Waals surface area (Å²) in [5.41, 5.74) is 0.427. The zero-order valence-electron chi connectivity index (χ0n) is 27.6. The lowest BCUT2D eigenvalue weighted by Gasteiger charge is -2.04. The van der Waals surface area contributed by atoms with Crippen molar-refractivity contribution in [3.63, 3.8) is 0 Å². The number of hydrogen-bond acceptors (Lipinski definition) is 2. The van der Waals surface area contributed by atoms with Crippen LogP contribution in [-0.4, -0.2) is 12.1 Å². The summed E-state index contributed by atoms with van der Waals surface area (Å²) in [7, 11) is 0. The molecule has 0 aromatic carbocycles. The minimum atomic E-state index is 0.0608. The van der Waals surface area contributed by atoms with Gasteiger partial charge in [0.2, 0.25) is 0 Å². The van der Waals surface area contributed by atoms with Crippen molar-refractivity contribution >= 4 is 12.1 Å². The van der Waals surface area contributed by atoms with Crippen LogP contribution in [0.25, 0.3) is 0 Å². The SMILES string of the molecule is CCCCCCCCCCCCCCCCCC=C(C=O)C(=O)CCCCCCCCCCCCCCCCC. The van der Waals surface area contributed by atoms with Gasteiger partial charge in [-0.25, -0.2) is 0 Å². The fraction of sp³-hybridized carbons (Fsp3) is 0.895. The average molecular weight is 561 g/mol. The van der Waals surface area contributed by atoms with Gasteiger partial charge in [0.15, 0.2) is 12.1 Å². The molecule has 0 amide bonds. The molecule has 0 saturated heterocycles. The zero-order valence-corrected chi connectivity index (χ0v) is 27.6. The van der Waals surface area contributed by atoms with Crippen LogP contribution >= 0.6 is 0 Å². The minimum Gasteiger partial charge on any atom is -0.298 e. The Morgan fingerprint density at radius 2 is 0.675 bits per heavy atom. The van der Waals surface area contributed by atoms with Crippen molar-refractivity contribution in [3.05, 3.63) is 11.6 Å². The highest BCUT2D eigenvalue weighted by Crippen LogP contribution is 2.16. The van der Waals surface area contributed by atoms with Gasteiger partial charge in [-0.05, 0) is 19.3 Å². The molecule has 0 aromatic heterocycles. The fourth-order valence-electron chi connectivity index (χ4n) is 5.80. The average Bonchev–Trinajstić information content (AvgIpc) is 2.96. The van der Waals surface area contributed by atoms with Gasteiger partial charge in [0.1, 0.15) is 0 Å². The number of unbranched alkanes of at least 4 members (excludes halogenated alkanes) is 29. The van der Waals surface area contributed by atoms with Gasteiger partial charge < -0.3 is 0 Å². The van der Waals surface area contributed by atoms with E-state index in [-0.39, 0.29) is 5.78 Å². The lowest BCUT2D eigenvalue weighted by molar-refractivity contribution is -0.117. The first-order valence-electron chi connectivity index (χ1n) is 18.4. The molecule has 0 aromatic rings. The minimum absolute atomic E-state index is 0.0608.